The highest BCUT2D eigenvalue weighted by Crippen LogP contribution is 2.38. The number of hydrogen-bond donors (Lipinski definition) is 2. The third-order valence-electron chi connectivity index (χ3n) is 11.1. The summed E-state index contributed by atoms with van der Waals surface area (Å²) in [6.07, 6.45) is 41.4. The van der Waals surface area contributed by atoms with E-state index in [0.29, 0.717) is 19.3 Å². The molecule has 2 N–H and O–H groups in total. The number of phosphoric ester groups is 1. The molecule has 0 saturated heterocycles. The summed E-state index contributed by atoms with van der Waals surface area (Å²) in [7, 11) is 1.87. The molecule has 0 saturated carbocycles. The molecule has 0 aromatic heterocycles. The van der Waals surface area contributed by atoms with E-state index in [0.717, 1.165) is 62.4 Å². The number of rotatable bonds is 45. The van der Waals surface area contributed by atoms with E-state index in [1.54, 1.807) is 0 Å². The van der Waals surface area contributed by atoms with Crippen LogP contribution in [0.2, 0.25) is 0 Å². The molecule has 0 radical (unpaired) electrons. The summed E-state index contributed by atoms with van der Waals surface area (Å²) >= 11 is 0. The second-order valence-corrected chi connectivity index (χ2v) is 19.5. The van der Waals surface area contributed by atoms with Crippen molar-refractivity contribution in [2.45, 2.75) is 245 Å². The summed E-state index contributed by atoms with van der Waals surface area (Å²) in [5.41, 5.74) is 0. The van der Waals surface area contributed by atoms with Gasteiger partial charge in [0.2, 0.25) is 11.8 Å². The van der Waals surface area contributed by atoms with Crippen LogP contribution in [0, 0.1) is 0 Å². The summed E-state index contributed by atoms with van der Waals surface area (Å²) in [5.74, 6) is -0.226. The Kier molecular flexibility index (Phi) is 39.7. The third-order valence-corrected chi connectivity index (χ3v) is 12.0. The van der Waals surface area contributed by atoms with Gasteiger partial charge in [-0.15, -0.1) is 0 Å². The van der Waals surface area contributed by atoms with E-state index < -0.39 is 13.9 Å². The molecular weight excluding hydrogens is 734 g/mol. The number of hydrogen-bond acceptors (Lipinski definition) is 6. The molecule has 2 unspecified atom stereocenters. The van der Waals surface area contributed by atoms with Crippen LogP contribution < -0.4 is 15.5 Å². The maximum Gasteiger partial charge on any atom is 0.267 e. The third kappa shape index (κ3) is 44.4. The van der Waals surface area contributed by atoms with Gasteiger partial charge in [-0.3, -0.25) is 14.2 Å². The maximum absolute atomic E-state index is 12.9. The summed E-state index contributed by atoms with van der Waals surface area (Å²) < 4.78 is 23.7. The van der Waals surface area contributed by atoms with Crippen LogP contribution in [0.15, 0.2) is 0 Å². The molecule has 340 valence electrons. The SMILES string of the molecule is CCCCCCCCCCCCCCCCCC(=O)NCC(COP(=O)([O-])OCCCCC[N+](C)(C)C)NC(=O)CCCCCCCCCCCCCCCCC. The minimum absolute atomic E-state index is 0.0735. The molecule has 0 aliphatic heterocycles. The van der Waals surface area contributed by atoms with Crippen molar-refractivity contribution in [1.82, 2.24) is 10.6 Å². The zero-order valence-electron chi connectivity index (χ0n) is 38.5. The Morgan fingerprint density at radius 1 is 0.509 bits per heavy atom. The minimum Gasteiger partial charge on any atom is -0.756 e. The van der Waals surface area contributed by atoms with Crippen LogP contribution in [0.25, 0.3) is 0 Å². The zero-order chi connectivity index (χ0) is 42.1. The predicted octanol–water partition coefficient (Wildman–Crippen LogP) is 12.5. The van der Waals surface area contributed by atoms with Crippen molar-refractivity contribution in [3.63, 3.8) is 0 Å². The van der Waals surface area contributed by atoms with Crippen molar-refractivity contribution in [3.8, 4) is 0 Å². The predicted molar refractivity (Wildman–Crippen MR) is 240 cm³/mol. The fraction of sp³-hybridized carbons (Fsp3) is 0.957. The van der Waals surface area contributed by atoms with Gasteiger partial charge in [0.15, 0.2) is 0 Å². The lowest BCUT2D eigenvalue weighted by Gasteiger charge is -2.26. The molecule has 0 aromatic carbocycles. The summed E-state index contributed by atoms with van der Waals surface area (Å²) in [6.45, 7) is 5.47. The molecule has 9 nitrogen and oxygen atoms in total. The number of nitrogens with zero attached hydrogens (tertiary/aromatic N) is 1. The lowest BCUT2D eigenvalue weighted by molar-refractivity contribution is -0.870. The second kappa shape index (κ2) is 40.4. The summed E-state index contributed by atoms with van der Waals surface area (Å²) in [5, 5.41) is 5.83. The number of quaternary nitrogens is 1. The molecule has 2 atom stereocenters. The average molecular weight is 830 g/mol. The smallest absolute Gasteiger partial charge is 0.267 e. The molecule has 0 heterocycles. The highest BCUT2D eigenvalue weighted by molar-refractivity contribution is 7.45. The quantitative estimate of drug-likeness (QED) is 0.0359. The number of nitrogens with one attached hydrogen (secondary N) is 2. The van der Waals surface area contributed by atoms with E-state index in [1.165, 1.54) is 154 Å². The number of carbonyl (C=O) groups excluding carboxylic acids is 2. The molecule has 0 fully saturated rings. The van der Waals surface area contributed by atoms with Crippen molar-refractivity contribution < 1.29 is 32.6 Å². The van der Waals surface area contributed by atoms with Crippen molar-refractivity contribution in [2.24, 2.45) is 0 Å². The molecule has 0 rings (SSSR count). The van der Waals surface area contributed by atoms with Gasteiger partial charge in [-0.25, -0.2) is 0 Å². The largest absolute Gasteiger partial charge is 0.756 e. The van der Waals surface area contributed by atoms with Crippen LogP contribution in [0.1, 0.15) is 239 Å². The molecule has 0 aliphatic carbocycles. The van der Waals surface area contributed by atoms with Gasteiger partial charge in [0, 0.05) is 19.4 Å². The Balaban J connectivity index is 4.38. The molecular formula is C47H96N3O6P. The molecule has 0 aromatic rings. The van der Waals surface area contributed by atoms with Crippen LogP contribution in [0.4, 0.5) is 0 Å². The fourth-order valence-electron chi connectivity index (χ4n) is 7.35. The van der Waals surface area contributed by atoms with Crippen molar-refractivity contribution in [3.05, 3.63) is 0 Å². The standard InChI is InChI=1S/C47H96N3O6P/c1-6-8-10-12-14-16-18-20-22-24-26-28-30-32-35-39-46(51)48-43-45(44-56-57(53,54)55-42-38-34-37-41-50(3,4)5)49-47(52)40-36-33-31-29-27-25-23-21-19-17-15-13-11-9-7-2/h45H,6-44H2,1-5H3,(H2-,48,49,51,52,53,54). The first-order valence-electron chi connectivity index (χ1n) is 24.5. The Bertz CT molecular complexity index is 947. The van der Waals surface area contributed by atoms with Crippen molar-refractivity contribution in [2.75, 3.05) is 47.4 Å². The average Bonchev–Trinajstić information content (AvgIpc) is 3.16. The summed E-state index contributed by atoms with van der Waals surface area (Å²) in [4.78, 5) is 38.1. The molecule has 10 heteroatoms. The Hall–Kier alpha value is -0.990. The second-order valence-electron chi connectivity index (χ2n) is 18.1. The lowest BCUT2D eigenvalue weighted by atomic mass is 10.0. The minimum atomic E-state index is -4.54. The van der Waals surface area contributed by atoms with Gasteiger partial charge in [0.1, 0.15) is 0 Å². The van der Waals surface area contributed by atoms with E-state index in [-0.39, 0.29) is 31.6 Å². The number of amides is 2. The topological polar surface area (TPSA) is 117 Å². The summed E-state index contributed by atoms with van der Waals surface area (Å²) in [6, 6.07) is -0.658. The molecule has 2 amide bonds. The number of phosphoric acid groups is 1. The van der Waals surface area contributed by atoms with E-state index in [2.05, 4.69) is 45.6 Å². The first kappa shape index (κ1) is 56.0. The highest BCUT2D eigenvalue weighted by atomic mass is 31.2. The Labute approximate surface area is 353 Å². The van der Waals surface area contributed by atoms with Crippen LogP contribution in [0.5, 0.6) is 0 Å². The maximum atomic E-state index is 12.9. The van der Waals surface area contributed by atoms with Crippen LogP contribution >= 0.6 is 7.82 Å². The Morgan fingerprint density at radius 2 is 0.860 bits per heavy atom. The van der Waals surface area contributed by atoms with Gasteiger partial charge >= 0.3 is 0 Å². The normalized spacial score (nSPS) is 13.4. The van der Waals surface area contributed by atoms with Gasteiger partial charge in [0.25, 0.3) is 7.82 Å². The van der Waals surface area contributed by atoms with Gasteiger partial charge in [-0.05, 0) is 32.1 Å². The molecule has 0 aliphatic rings. The van der Waals surface area contributed by atoms with E-state index in [1.807, 2.05) is 0 Å². The molecule has 0 bridgehead atoms. The van der Waals surface area contributed by atoms with E-state index in [9.17, 15) is 19.0 Å². The van der Waals surface area contributed by atoms with Crippen LogP contribution in [-0.2, 0) is 23.2 Å². The number of carbonyl (C=O) groups is 2. The first-order chi connectivity index (χ1) is 27.5. The van der Waals surface area contributed by atoms with E-state index in [4.69, 9.17) is 9.05 Å². The van der Waals surface area contributed by atoms with Gasteiger partial charge in [0.05, 0.1) is 46.9 Å². The lowest BCUT2D eigenvalue weighted by Crippen LogP contribution is -2.46. The zero-order valence-corrected chi connectivity index (χ0v) is 39.4. The molecule has 0 spiro atoms. The molecule has 57 heavy (non-hydrogen) atoms. The van der Waals surface area contributed by atoms with Gasteiger partial charge < -0.3 is 29.1 Å². The van der Waals surface area contributed by atoms with E-state index >= 15 is 0 Å². The van der Waals surface area contributed by atoms with Crippen LogP contribution in [0.3, 0.4) is 0 Å². The van der Waals surface area contributed by atoms with Gasteiger partial charge in [-0.2, -0.15) is 0 Å². The van der Waals surface area contributed by atoms with Gasteiger partial charge in [-0.1, -0.05) is 194 Å². The fourth-order valence-corrected chi connectivity index (χ4v) is 8.14. The number of unbranched alkanes of at least 4 members (excludes halogenated alkanes) is 30. The van der Waals surface area contributed by atoms with Crippen molar-refractivity contribution >= 4 is 19.6 Å². The Morgan fingerprint density at radius 3 is 1.25 bits per heavy atom. The van der Waals surface area contributed by atoms with Crippen molar-refractivity contribution in [1.29, 1.82) is 0 Å². The first-order valence-corrected chi connectivity index (χ1v) is 25.9. The van der Waals surface area contributed by atoms with Crippen LogP contribution in [-0.4, -0.2) is 69.8 Å². The highest BCUT2D eigenvalue weighted by Gasteiger charge is 2.18. The monoisotopic (exact) mass is 830 g/mol.